The van der Waals surface area contributed by atoms with E-state index in [9.17, 15) is 22.0 Å². The number of ether oxygens (including phenoxy) is 1. The number of H-pyrrole nitrogens is 1. The van der Waals surface area contributed by atoms with Gasteiger partial charge in [-0.2, -0.15) is 5.10 Å². The van der Waals surface area contributed by atoms with Gasteiger partial charge in [-0.05, 0) is 41.5 Å². The Bertz CT molecular complexity index is 1800. The van der Waals surface area contributed by atoms with Crippen LogP contribution in [0.25, 0.3) is 22.0 Å². The Morgan fingerprint density at radius 2 is 1.97 bits per heavy atom. The van der Waals surface area contributed by atoms with E-state index in [0.29, 0.717) is 34.1 Å². The minimum Gasteiger partial charge on any atom is -0.480 e. The molecule has 0 fully saturated rings. The van der Waals surface area contributed by atoms with E-state index in [1.165, 1.54) is 30.7 Å². The molecule has 5 aromatic rings. The van der Waals surface area contributed by atoms with E-state index < -0.39 is 32.5 Å². The maximum Gasteiger partial charge on any atom is 0.268 e. The van der Waals surface area contributed by atoms with Crippen LogP contribution in [-0.4, -0.2) is 41.6 Å². The molecule has 0 aliphatic rings. The molecule has 0 unspecified atom stereocenters. The molecule has 3 heterocycles. The maximum absolute atomic E-state index is 14.2. The molecule has 194 valence electrons. The average molecular weight is 557 g/mol. The Morgan fingerprint density at radius 3 is 2.68 bits per heavy atom. The summed E-state index contributed by atoms with van der Waals surface area (Å²) in [5, 5.41) is 10.1. The minimum absolute atomic E-state index is 0.0500. The first-order valence-corrected chi connectivity index (χ1v) is 13.2. The summed E-state index contributed by atoms with van der Waals surface area (Å²) in [6.07, 6.45) is 3.54. The summed E-state index contributed by atoms with van der Waals surface area (Å²) in [5.41, 5.74) is 8.16. The van der Waals surface area contributed by atoms with Crippen molar-refractivity contribution in [2.75, 3.05) is 11.8 Å². The zero-order valence-electron chi connectivity index (χ0n) is 19.5. The lowest BCUT2D eigenvalue weighted by atomic mass is 9.99. The summed E-state index contributed by atoms with van der Waals surface area (Å²) in [7, 11) is -3.14. The highest BCUT2D eigenvalue weighted by atomic mass is 32.2. The molecule has 0 bridgehead atoms. The van der Waals surface area contributed by atoms with Gasteiger partial charge in [-0.1, -0.05) is 0 Å². The number of nitrogens with two attached hydrogens (primary N) is 1. The molecular formula is C24H18F2N6O4S2. The Kier molecular flexibility index (Phi) is 6.50. The van der Waals surface area contributed by atoms with Crippen LogP contribution < -0.4 is 15.2 Å². The molecule has 0 aliphatic carbocycles. The summed E-state index contributed by atoms with van der Waals surface area (Å²) < 4.78 is 60.8. The van der Waals surface area contributed by atoms with Gasteiger partial charge in [-0.3, -0.25) is 14.6 Å². The van der Waals surface area contributed by atoms with Crippen molar-refractivity contribution in [3.05, 3.63) is 82.1 Å². The van der Waals surface area contributed by atoms with Crippen molar-refractivity contribution in [1.29, 1.82) is 0 Å². The number of primary amides is 1. The van der Waals surface area contributed by atoms with Crippen molar-refractivity contribution in [2.45, 2.75) is 11.3 Å². The third kappa shape index (κ3) is 4.90. The molecule has 0 radical (unpaired) electrons. The highest BCUT2D eigenvalue weighted by Crippen LogP contribution is 2.33. The van der Waals surface area contributed by atoms with E-state index in [1.54, 1.807) is 11.6 Å². The number of rotatable bonds is 8. The lowest BCUT2D eigenvalue weighted by molar-refractivity contribution is 0.0996. The predicted molar refractivity (Wildman–Crippen MR) is 136 cm³/mol. The number of benzene rings is 2. The van der Waals surface area contributed by atoms with Crippen LogP contribution >= 0.6 is 11.3 Å². The van der Waals surface area contributed by atoms with E-state index in [1.807, 2.05) is 12.1 Å². The standard InChI is InChI=1S/C24H18F2N6O4S2/c1-36-24-19(32-38(34,35)21-3-2-15(25)8-17(21)26)6-14(9-28-24)12-4-13(16-10-29-31-18(16)5-12)7-22-30-20(11-37-22)23(27)33/h2-6,8-11,32H,7H2,1H3,(H2,27,33)(H,29,31). The van der Waals surface area contributed by atoms with Crippen LogP contribution in [0.5, 0.6) is 5.88 Å². The Labute approximate surface area is 218 Å². The van der Waals surface area contributed by atoms with Gasteiger partial charge >= 0.3 is 0 Å². The molecule has 10 nitrogen and oxygen atoms in total. The fourth-order valence-electron chi connectivity index (χ4n) is 3.84. The third-order valence-corrected chi connectivity index (χ3v) is 7.84. The summed E-state index contributed by atoms with van der Waals surface area (Å²) in [6.45, 7) is 0. The number of fused-ring (bicyclic) bond motifs is 1. The van der Waals surface area contributed by atoms with Gasteiger partial charge in [-0.15, -0.1) is 11.3 Å². The second kappa shape index (κ2) is 9.79. The highest BCUT2D eigenvalue weighted by molar-refractivity contribution is 7.92. The van der Waals surface area contributed by atoms with E-state index in [4.69, 9.17) is 10.5 Å². The van der Waals surface area contributed by atoms with E-state index in [0.717, 1.165) is 23.1 Å². The smallest absolute Gasteiger partial charge is 0.268 e. The van der Waals surface area contributed by atoms with Crippen molar-refractivity contribution < 1.29 is 26.7 Å². The number of aromatic nitrogens is 4. The monoisotopic (exact) mass is 556 g/mol. The lowest BCUT2D eigenvalue weighted by Gasteiger charge is -2.14. The third-order valence-electron chi connectivity index (χ3n) is 5.60. The van der Waals surface area contributed by atoms with Crippen molar-refractivity contribution in [3.8, 4) is 17.0 Å². The van der Waals surface area contributed by atoms with Crippen LogP contribution in [0.1, 0.15) is 21.1 Å². The van der Waals surface area contributed by atoms with Gasteiger partial charge in [-0.25, -0.2) is 27.2 Å². The number of pyridine rings is 1. The number of amides is 1. The first-order chi connectivity index (χ1) is 18.1. The Balaban J connectivity index is 1.54. The second-order valence-corrected chi connectivity index (χ2v) is 10.7. The van der Waals surface area contributed by atoms with Gasteiger partial charge in [0.25, 0.3) is 15.9 Å². The average Bonchev–Trinajstić information content (AvgIpc) is 3.53. The number of thiazole rings is 1. The molecule has 0 aliphatic heterocycles. The number of nitrogens with one attached hydrogen (secondary N) is 2. The van der Waals surface area contributed by atoms with Crippen LogP contribution in [0.4, 0.5) is 14.5 Å². The molecule has 0 spiro atoms. The van der Waals surface area contributed by atoms with Gasteiger partial charge in [0.15, 0.2) is 0 Å². The number of carbonyl (C=O) groups excluding carboxylic acids is 1. The number of sulfonamides is 1. The number of halogens is 2. The molecule has 0 saturated carbocycles. The minimum atomic E-state index is -4.44. The van der Waals surface area contributed by atoms with E-state index in [2.05, 4.69) is 24.9 Å². The highest BCUT2D eigenvalue weighted by Gasteiger charge is 2.22. The molecule has 38 heavy (non-hydrogen) atoms. The summed E-state index contributed by atoms with van der Waals surface area (Å²) in [5.74, 6) is -2.81. The SMILES string of the molecule is COc1ncc(-c2cc(Cc3nc(C(N)=O)cs3)c3cn[nH]c3c2)cc1NS(=O)(=O)c1ccc(F)cc1F. The van der Waals surface area contributed by atoms with Crippen LogP contribution in [0, 0.1) is 11.6 Å². The number of carbonyl (C=O) groups is 1. The predicted octanol–water partition coefficient (Wildman–Crippen LogP) is 3.86. The molecule has 0 saturated heterocycles. The zero-order valence-corrected chi connectivity index (χ0v) is 21.2. The number of nitrogens with zero attached hydrogens (tertiary/aromatic N) is 3. The molecule has 1 amide bonds. The van der Waals surface area contributed by atoms with Crippen LogP contribution in [0.3, 0.4) is 0 Å². The Morgan fingerprint density at radius 1 is 1.16 bits per heavy atom. The van der Waals surface area contributed by atoms with E-state index >= 15 is 0 Å². The molecule has 2 aromatic carbocycles. The number of methoxy groups -OCH3 is 1. The number of hydrogen-bond donors (Lipinski definition) is 3. The summed E-state index contributed by atoms with van der Waals surface area (Å²) in [4.78, 5) is 19.2. The fourth-order valence-corrected chi connectivity index (χ4v) is 5.76. The molecule has 3 aromatic heterocycles. The largest absolute Gasteiger partial charge is 0.480 e. The topological polar surface area (TPSA) is 153 Å². The van der Waals surface area contributed by atoms with E-state index in [-0.39, 0.29) is 17.3 Å². The van der Waals surface area contributed by atoms with Crippen molar-refractivity contribution in [1.82, 2.24) is 20.2 Å². The van der Waals surface area contributed by atoms with Gasteiger partial charge < -0.3 is 10.5 Å². The van der Waals surface area contributed by atoms with Gasteiger partial charge in [0.2, 0.25) is 5.88 Å². The van der Waals surface area contributed by atoms with Crippen LogP contribution in [0.15, 0.2) is 59.1 Å². The normalized spacial score (nSPS) is 11.6. The van der Waals surface area contributed by atoms with Gasteiger partial charge in [0.1, 0.15) is 27.9 Å². The number of hydrogen-bond acceptors (Lipinski definition) is 8. The number of aromatic amines is 1. The molecule has 4 N–H and O–H groups in total. The first-order valence-electron chi connectivity index (χ1n) is 10.9. The molecular weight excluding hydrogens is 538 g/mol. The first kappa shape index (κ1) is 25.2. The molecule has 0 atom stereocenters. The molecule has 14 heteroatoms. The number of anilines is 1. The van der Waals surface area contributed by atoms with Gasteiger partial charge in [0, 0.05) is 35.0 Å². The van der Waals surface area contributed by atoms with Crippen molar-refractivity contribution in [2.24, 2.45) is 5.73 Å². The summed E-state index contributed by atoms with van der Waals surface area (Å²) >= 11 is 1.30. The maximum atomic E-state index is 14.2. The van der Waals surface area contributed by atoms with Crippen molar-refractivity contribution in [3.63, 3.8) is 0 Å². The second-order valence-electron chi connectivity index (χ2n) is 8.10. The summed E-state index contributed by atoms with van der Waals surface area (Å²) in [6, 6.07) is 7.32. The lowest BCUT2D eigenvalue weighted by Crippen LogP contribution is -2.15. The molecule has 5 rings (SSSR count). The quantitative estimate of drug-likeness (QED) is 0.262. The van der Waals surface area contributed by atoms with Gasteiger partial charge in [0.05, 0.1) is 23.8 Å². The fraction of sp³-hybridized carbons (Fsp3) is 0.0833. The van der Waals surface area contributed by atoms with Crippen molar-refractivity contribution >= 4 is 43.9 Å². The zero-order chi connectivity index (χ0) is 27.0. The Hall–Kier alpha value is -4.43. The van der Waals surface area contributed by atoms with Crippen LogP contribution in [-0.2, 0) is 16.4 Å². The van der Waals surface area contributed by atoms with Crippen LogP contribution in [0.2, 0.25) is 0 Å².